The normalized spacial score (nSPS) is 14.3. The molecule has 0 aliphatic carbocycles. The van der Waals surface area contributed by atoms with Gasteiger partial charge in [0.2, 0.25) is 0 Å². The second kappa shape index (κ2) is 14.4. The fraction of sp³-hybridized carbons (Fsp3) is 0.314. The molecule has 9 heteroatoms. The van der Waals surface area contributed by atoms with Crippen molar-refractivity contribution in [2.75, 3.05) is 31.2 Å². The molecule has 0 radical (unpaired) electrons. The maximum Gasteiger partial charge on any atom is 0.493 e. The molecule has 0 unspecified atom stereocenters. The lowest BCUT2D eigenvalue weighted by molar-refractivity contribution is -0.200. The molecule has 0 bridgehead atoms. The zero-order valence-electron chi connectivity index (χ0n) is 24.5. The Bertz CT molecular complexity index is 1520. The Morgan fingerprint density at radius 1 is 0.795 bits per heavy atom. The number of nitrogens with zero attached hydrogens (tertiary/aromatic N) is 3. The van der Waals surface area contributed by atoms with Crippen molar-refractivity contribution < 1.29 is 27.6 Å². The van der Waals surface area contributed by atoms with Crippen LogP contribution in [0.2, 0.25) is 0 Å². The number of carbonyl (C=O) groups excluding carboxylic acids is 2. The van der Waals surface area contributed by atoms with Gasteiger partial charge < -0.3 is 14.6 Å². The zero-order valence-corrected chi connectivity index (χ0v) is 24.5. The number of halogens is 3. The van der Waals surface area contributed by atoms with Gasteiger partial charge in [0.15, 0.2) is 0 Å². The number of hydrogen-bond donors (Lipinski definition) is 0. The number of hydrogen-bond acceptors (Lipinski definition) is 4. The topological polar surface area (TPSA) is 53.1 Å². The first-order chi connectivity index (χ1) is 21.3. The predicted octanol–water partition coefficient (Wildman–Crippen LogP) is 7.63. The number of anilines is 1. The van der Waals surface area contributed by atoms with Gasteiger partial charge in [0.1, 0.15) is 0 Å². The van der Waals surface area contributed by atoms with Crippen LogP contribution in [-0.2, 0) is 22.6 Å². The highest BCUT2D eigenvalue weighted by Crippen LogP contribution is 2.30. The van der Waals surface area contributed by atoms with Crippen molar-refractivity contribution in [2.24, 2.45) is 5.92 Å². The van der Waals surface area contributed by atoms with E-state index in [0.29, 0.717) is 28.2 Å². The Morgan fingerprint density at radius 3 is 2.09 bits per heavy atom. The SMILES string of the molecule is O=C(N(CCCN1CCC(Cc2ccccc2)CC1)Cc1ccccc1)N(OC(=O)C(F)(F)F)c1cccc2ccccc12. The van der Waals surface area contributed by atoms with E-state index in [2.05, 4.69) is 29.2 Å². The molecule has 0 N–H and O–H groups in total. The van der Waals surface area contributed by atoms with Crippen LogP contribution in [-0.4, -0.2) is 54.2 Å². The van der Waals surface area contributed by atoms with Crippen molar-refractivity contribution in [1.29, 1.82) is 0 Å². The van der Waals surface area contributed by atoms with E-state index < -0.39 is 18.2 Å². The van der Waals surface area contributed by atoms with Gasteiger partial charge in [-0.25, -0.2) is 9.59 Å². The van der Waals surface area contributed by atoms with E-state index in [1.54, 1.807) is 36.4 Å². The second-order valence-electron chi connectivity index (χ2n) is 11.2. The largest absolute Gasteiger partial charge is 0.493 e. The molecule has 4 aromatic rings. The van der Waals surface area contributed by atoms with Crippen LogP contribution in [0.25, 0.3) is 10.8 Å². The van der Waals surface area contributed by atoms with Crippen LogP contribution < -0.4 is 5.06 Å². The summed E-state index contributed by atoms with van der Waals surface area (Å²) in [7, 11) is 0. The Morgan fingerprint density at radius 2 is 1.41 bits per heavy atom. The summed E-state index contributed by atoms with van der Waals surface area (Å²) in [6, 6.07) is 30.7. The summed E-state index contributed by atoms with van der Waals surface area (Å²) in [6.07, 6.45) is -1.43. The highest BCUT2D eigenvalue weighted by atomic mass is 19.4. The minimum atomic E-state index is -5.28. The molecule has 5 rings (SSSR count). The molecule has 1 fully saturated rings. The van der Waals surface area contributed by atoms with E-state index in [-0.39, 0.29) is 18.8 Å². The van der Waals surface area contributed by atoms with Crippen LogP contribution in [0.1, 0.15) is 30.4 Å². The molecule has 2 amide bonds. The molecule has 1 heterocycles. The summed E-state index contributed by atoms with van der Waals surface area (Å²) in [6.45, 7) is 3.06. The fourth-order valence-corrected chi connectivity index (χ4v) is 5.73. The zero-order chi connectivity index (χ0) is 30.9. The van der Waals surface area contributed by atoms with E-state index >= 15 is 0 Å². The Hall–Kier alpha value is -4.37. The van der Waals surface area contributed by atoms with Gasteiger partial charge in [-0.05, 0) is 73.8 Å². The van der Waals surface area contributed by atoms with E-state index in [1.165, 1.54) is 16.5 Å². The van der Waals surface area contributed by atoms with Gasteiger partial charge in [0, 0.05) is 18.5 Å². The third-order valence-corrected chi connectivity index (χ3v) is 8.03. The van der Waals surface area contributed by atoms with Crippen molar-refractivity contribution >= 4 is 28.5 Å². The number of hydroxylamine groups is 1. The second-order valence-corrected chi connectivity index (χ2v) is 11.2. The first-order valence-electron chi connectivity index (χ1n) is 14.9. The number of alkyl halides is 3. The molecule has 1 aliphatic heterocycles. The van der Waals surface area contributed by atoms with E-state index in [0.717, 1.165) is 44.5 Å². The lowest BCUT2D eigenvalue weighted by atomic mass is 9.90. The van der Waals surface area contributed by atoms with Crippen molar-refractivity contribution in [3.05, 3.63) is 114 Å². The first-order valence-corrected chi connectivity index (χ1v) is 14.9. The molecule has 0 saturated carbocycles. The van der Waals surface area contributed by atoms with Gasteiger partial charge in [0.05, 0.1) is 5.69 Å². The summed E-state index contributed by atoms with van der Waals surface area (Å²) in [5, 5.41) is 1.67. The molecule has 1 saturated heterocycles. The number of piperidine rings is 1. The predicted molar refractivity (Wildman–Crippen MR) is 165 cm³/mol. The molecule has 6 nitrogen and oxygen atoms in total. The average Bonchev–Trinajstić information content (AvgIpc) is 3.04. The van der Waals surface area contributed by atoms with Gasteiger partial charge >= 0.3 is 18.2 Å². The van der Waals surface area contributed by atoms with Crippen molar-refractivity contribution in [3.8, 4) is 0 Å². The number of benzene rings is 4. The highest BCUT2D eigenvalue weighted by molar-refractivity contribution is 6.03. The first kappa shape index (κ1) is 31.1. The molecule has 0 aromatic heterocycles. The van der Waals surface area contributed by atoms with Crippen LogP contribution in [0.15, 0.2) is 103 Å². The number of likely N-dealkylation sites (tertiary alicyclic amines) is 1. The van der Waals surface area contributed by atoms with Gasteiger partial charge in [-0.15, -0.1) is 5.06 Å². The molecule has 1 aliphatic rings. The van der Waals surface area contributed by atoms with E-state index in [9.17, 15) is 22.8 Å². The summed E-state index contributed by atoms with van der Waals surface area (Å²) in [5.74, 6) is -1.83. The molecular weight excluding hydrogens is 567 g/mol. The van der Waals surface area contributed by atoms with Gasteiger partial charge in [-0.1, -0.05) is 97.1 Å². The quantitative estimate of drug-likeness (QED) is 0.185. The van der Waals surface area contributed by atoms with E-state index in [4.69, 9.17) is 4.84 Å². The van der Waals surface area contributed by atoms with Gasteiger partial charge in [-0.3, -0.25) is 0 Å². The lowest BCUT2D eigenvalue weighted by Crippen LogP contribution is -2.47. The highest BCUT2D eigenvalue weighted by Gasteiger charge is 2.44. The third kappa shape index (κ3) is 8.17. The monoisotopic (exact) mass is 603 g/mol. The van der Waals surface area contributed by atoms with Crippen LogP contribution >= 0.6 is 0 Å². The number of rotatable bonds is 9. The maximum atomic E-state index is 14.0. The molecule has 44 heavy (non-hydrogen) atoms. The van der Waals surface area contributed by atoms with Gasteiger partial charge in [-0.2, -0.15) is 13.2 Å². The molecule has 230 valence electrons. The molecule has 0 atom stereocenters. The number of fused-ring (bicyclic) bond motifs is 1. The Labute approximate surface area is 255 Å². The molecule has 4 aromatic carbocycles. The van der Waals surface area contributed by atoms with Crippen LogP contribution in [0.5, 0.6) is 0 Å². The molecule has 0 spiro atoms. The summed E-state index contributed by atoms with van der Waals surface area (Å²) < 4.78 is 40.1. The van der Waals surface area contributed by atoms with Crippen LogP contribution in [0, 0.1) is 5.92 Å². The van der Waals surface area contributed by atoms with Crippen molar-refractivity contribution in [3.63, 3.8) is 0 Å². The van der Waals surface area contributed by atoms with Crippen LogP contribution in [0.3, 0.4) is 0 Å². The summed E-state index contributed by atoms with van der Waals surface area (Å²) >= 11 is 0. The minimum Gasteiger partial charge on any atom is -0.323 e. The minimum absolute atomic E-state index is 0.0595. The Kier molecular flexibility index (Phi) is 10.2. The Balaban J connectivity index is 1.31. The molecular formula is C35H36F3N3O3. The third-order valence-electron chi connectivity index (χ3n) is 8.03. The van der Waals surface area contributed by atoms with Crippen LogP contribution in [0.4, 0.5) is 23.7 Å². The number of carbonyl (C=O) groups is 2. The van der Waals surface area contributed by atoms with E-state index in [1.807, 2.05) is 36.4 Å². The van der Waals surface area contributed by atoms with Crippen molar-refractivity contribution in [2.45, 2.75) is 38.4 Å². The lowest BCUT2D eigenvalue weighted by Gasteiger charge is -2.33. The smallest absolute Gasteiger partial charge is 0.323 e. The fourth-order valence-electron chi connectivity index (χ4n) is 5.73. The maximum absolute atomic E-state index is 14.0. The average molecular weight is 604 g/mol. The number of amides is 2. The standard InChI is InChI=1S/C35H36F3N3O3/c36-35(37,38)33(42)44-41(32-18-9-16-30-15-7-8-17-31(30)32)34(43)40(26-29-13-5-2-6-14-29)22-10-21-39-23-19-28(20-24-39)25-27-11-3-1-4-12-27/h1-9,11-18,28H,10,19-26H2. The van der Waals surface area contributed by atoms with Gasteiger partial charge in [0.25, 0.3) is 0 Å². The summed E-state index contributed by atoms with van der Waals surface area (Å²) in [4.78, 5) is 34.7. The summed E-state index contributed by atoms with van der Waals surface area (Å²) in [5.41, 5.74) is 2.22. The van der Waals surface area contributed by atoms with Crippen molar-refractivity contribution in [1.82, 2.24) is 9.80 Å². The number of urea groups is 1.